The maximum Gasteiger partial charge on any atom is 0.253 e. The molecule has 0 unspecified atom stereocenters. The zero-order chi connectivity index (χ0) is 24.9. The minimum Gasteiger partial charge on any atom is -0.493 e. The third-order valence-electron chi connectivity index (χ3n) is 6.76. The van der Waals surface area contributed by atoms with E-state index in [1.807, 2.05) is 12.1 Å². The molecule has 7 heteroatoms. The number of hydrogen-bond donors (Lipinski definition) is 2. The van der Waals surface area contributed by atoms with Gasteiger partial charge in [-0.15, -0.1) is 0 Å². The van der Waals surface area contributed by atoms with E-state index in [2.05, 4.69) is 74.7 Å². The first-order chi connectivity index (χ1) is 17.6. The summed E-state index contributed by atoms with van der Waals surface area (Å²) in [6.07, 6.45) is 0. The number of methoxy groups -OCH3 is 2. The molecule has 1 fully saturated rings. The van der Waals surface area contributed by atoms with Crippen molar-refractivity contribution in [2.24, 2.45) is 0 Å². The van der Waals surface area contributed by atoms with Crippen molar-refractivity contribution in [2.75, 3.05) is 50.6 Å². The Morgan fingerprint density at radius 2 is 1.56 bits per heavy atom. The quantitative estimate of drug-likeness (QED) is 0.384. The van der Waals surface area contributed by atoms with E-state index in [1.165, 1.54) is 11.3 Å². The molecule has 1 aliphatic rings. The van der Waals surface area contributed by atoms with Crippen molar-refractivity contribution in [3.8, 4) is 11.5 Å². The zero-order valence-electron chi connectivity index (χ0n) is 20.8. The van der Waals surface area contributed by atoms with Gasteiger partial charge in [-0.05, 0) is 42.0 Å². The molecule has 0 spiro atoms. The summed E-state index contributed by atoms with van der Waals surface area (Å²) in [5.74, 6) is 1.22. The summed E-state index contributed by atoms with van der Waals surface area (Å²) in [6, 6.07) is 24.7. The van der Waals surface area contributed by atoms with Gasteiger partial charge in [0.1, 0.15) is 0 Å². The number of rotatable bonds is 8. The maximum atomic E-state index is 12.6. The molecule has 0 bridgehead atoms. The van der Waals surface area contributed by atoms with Crippen LogP contribution in [0.3, 0.4) is 0 Å². The van der Waals surface area contributed by atoms with Gasteiger partial charge in [-0.3, -0.25) is 9.69 Å². The molecule has 0 saturated carbocycles. The fourth-order valence-corrected chi connectivity index (χ4v) is 4.70. The van der Waals surface area contributed by atoms with Crippen LogP contribution in [0.5, 0.6) is 11.5 Å². The lowest BCUT2D eigenvalue weighted by Crippen LogP contribution is -2.45. The average molecular weight is 485 g/mol. The topological polar surface area (TPSA) is 69.8 Å². The number of piperazine rings is 1. The van der Waals surface area contributed by atoms with Crippen LogP contribution in [0.25, 0.3) is 10.9 Å². The van der Waals surface area contributed by atoms with Crippen molar-refractivity contribution in [3.63, 3.8) is 0 Å². The van der Waals surface area contributed by atoms with Gasteiger partial charge < -0.3 is 24.7 Å². The van der Waals surface area contributed by atoms with E-state index in [9.17, 15) is 4.79 Å². The second-order valence-corrected chi connectivity index (χ2v) is 9.07. The molecule has 4 aromatic rings. The van der Waals surface area contributed by atoms with E-state index >= 15 is 0 Å². The van der Waals surface area contributed by atoms with Crippen molar-refractivity contribution in [2.45, 2.75) is 13.1 Å². The SMILES string of the molecule is COc1cc2cc(CNc3ccc(N4CCN(Cc5ccccc5)CC4)cc3)c(=O)[nH]c2cc1OC. The normalized spacial score (nSPS) is 14.1. The Labute approximate surface area is 211 Å². The van der Waals surface area contributed by atoms with Crippen LogP contribution in [0, 0.1) is 0 Å². The van der Waals surface area contributed by atoms with Crippen molar-refractivity contribution >= 4 is 22.3 Å². The molecular weight excluding hydrogens is 452 g/mol. The van der Waals surface area contributed by atoms with Gasteiger partial charge in [0.05, 0.1) is 19.7 Å². The standard InChI is InChI=1S/C29H32N4O3/c1-35-27-17-22-16-23(29(34)31-26(22)18-28(27)36-2)19-30-24-8-10-25(11-9-24)33-14-12-32(13-15-33)20-21-6-4-3-5-7-21/h3-11,16-18,30H,12-15,19-20H2,1-2H3,(H,31,34). The Bertz CT molecular complexity index is 1360. The predicted molar refractivity (Wildman–Crippen MR) is 145 cm³/mol. The van der Waals surface area contributed by atoms with Crippen LogP contribution in [0.1, 0.15) is 11.1 Å². The predicted octanol–water partition coefficient (Wildman–Crippen LogP) is 4.48. The monoisotopic (exact) mass is 484 g/mol. The zero-order valence-corrected chi connectivity index (χ0v) is 20.8. The second-order valence-electron chi connectivity index (χ2n) is 9.07. The number of ether oxygens (including phenoxy) is 2. The van der Waals surface area contributed by atoms with Crippen molar-refractivity contribution in [3.05, 3.63) is 94.3 Å². The number of aromatic amines is 1. The molecule has 7 nitrogen and oxygen atoms in total. The average Bonchev–Trinajstić information content (AvgIpc) is 2.92. The van der Waals surface area contributed by atoms with Crippen LogP contribution < -0.4 is 25.2 Å². The summed E-state index contributed by atoms with van der Waals surface area (Å²) in [5, 5.41) is 4.27. The summed E-state index contributed by atoms with van der Waals surface area (Å²) in [4.78, 5) is 20.5. The summed E-state index contributed by atoms with van der Waals surface area (Å²) >= 11 is 0. The first-order valence-electron chi connectivity index (χ1n) is 12.3. The minimum atomic E-state index is -0.118. The highest BCUT2D eigenvalue weighted by atomic mass is 16.5. The molecule has 3 aromatic carbocycles. The molecule has 1 aliphatic heterocycles. The third kappa shape index (κ3) is 5.31. The van der Waals surface area contributed by atoms with E-state index in [1.54, 1.807) is 20.3 Å². The van der Waals surface area contributed by atoms with E-state index in [-0.39, 0.29) is 5.56 Å². The van der Waals surface area contributed by atoms with E-state index in [0.29, 0.717) is 23.6 Å². The maximum absolute atomic E-state index is 12.6. The number of nitrogens with one attached hydrogen (secondary N) is 2. The number of pyridine rings is 1. The van der Waals surface area contributed by atoms with Crippen LogP contribution in [-0.2, 0) is 13.1 Å². The minimum absolute atomic E-state index is 0.118. The number of benzene rings is 3. The lowest BCUT2D eigenvalue weighted by Gasteiger charge is -2.36. The summed E-state index contributed by atoms with van der Waals surface area (Å²) in [6.45, 7) is 5.57. The molecule has 2 N–H and O–H groups in total. The number of nitrogens with zero attached hydrogens (tertiary/aromatic N) is 2. The van der Waals surface area contributed by atoms with Crippen LogP contribution in [0.4, 0.5) is 11.4 Å². The smallest absolute Gasteiger partial charge is 0.253 e. The highest BCUT2D eigenvalue weighted by Gasteiger charge is 2.17. The molecule has 2 heterocycles. The molecular formula is C29H32N4O3. The van der Waals surface area contributed by atoms with Gasteiger partial charge in [-0.2, -0.15) is 0 Å². The lowest BCUT2D eigenvalue weighted by atomic mass is 10.1. The number of fused-ring (bicyclic) bond motifs is 1. The third-order valence-corrected chi connectivity index (χ3v) is 6.76. The van der Waals surface area contributed by atoms with Crippen LogP contribution in [-0.4, -0.2) is 50.3 Å². The van der Waals surface area contributed by atoms with Gasteiger partial charge in [-0.1, -0.05) is 30.3 Å². The van der Waals surface area contributed by atoms with Gasteiger partial charge in [0.2, 0.25) is 0 Å². The molecule has 0 atom stereocenters. The number of hydrogen-bond acceptors (Lipinski definition) is 6. The Hall–Kier alpha value is -3.97. The summed E-state index contributed by atoms with van der Waals surface area (Å²) in [5.41, 5.74) is 4.83. The number of aromatic nitrogens is 1. The molecule has 1 saturated heterocycles. The number of anilines is 2. The second kappa shape index (κ2) is 10.7. The van der Waals surface area contributed by atoms with Crippen LogP contribution in [0.2, 0.25) is 0 Å². The largest absolute Gasteiger partial charge is 0.493 e. The first-order valence-corrected chi connectivity index (χ1v) is 12.3. The van der Waals surface area contributed by atoms with E-state index < -0.39 is 0 Å². The molecule has 5 rings (SSSR count). The molecule has 0 amide bonds. The Balaban J connectivity index is 1.19. The molecule has 36 heavy (non-hydrogen) atoms. The van der Waals surface area contributed by atoms with Gasteiger partial charge >= 0.3 is 0 Å². The van der Waals surface area contributed by atoms with E-state index in [0.717, 1.165) is 49.3 Å². The van der Waals surface area contributed by atoms with Crippen LogP contribution >= 0.6 is 0 Å². The molecule has 186 valence electrons. The van der Waals surface area contributed by atoms with Crippen molar-refractivity contribution < 1.29 is 9.47 Å². The van der Waals surface area contributed by atoms with Gasteiger partial charge in [0.15, 0.2) is 11.5 Å². The molecule has 1 aromatic heterocycles. The van der Waals surface area contributed by atoms with E-state index in [4.69, 9.17) is 9.47 Å². The summed E-state index contributed by atoms with van der Waals surface area (Å²) in [7, 11) is 3.18. The lowest BCUT2D eigenvalue weighted by molar-refractivity contribution is 0.250. The van der Waals surface area contributed by atoms with Gasteiger partial charge in [-0.25, -0.2) is 0 Å². The van der Waals surface area contributed by atoms with Gasteiger partial charge in [0.25, 0.3) is 5.56 Å². The fraction of sp³-hybridized carbons (Fsp3) is 0.276. The summed E-state index contributed by atoms with van der Waals surface area (Å²) < 4.78 is 10.7. The van der Waals surface area contributed by atoms with Crippen molar-refractivity contribution in [1.82, 2.24) is 9.88 Å². The molecule has 0 aliphatic carbocycles. The number of H-pyrrole nitrogens is 1. The fourth-order valence-electron chi connectivity index (χ4n) is 4.70. The Morgan fingerprint density at radius 3 is 2.25 bits per heavy atom. The molecule has 0 radical (unpaired) electrons. The Kier molecular flexibility index (Phi) is 7.09. The van der Waals surface area contributed by atoms with Crippen molar-refractivity contribution in [1.29, 1.82) is 0 Å². The highest BCUT2D eigenvalue weighted by molar-refractivity contribution is 5.83. The van der Waals surface area contributed by atoms with Crippen LogP contribution in [0.15, 0.2) is 77.6 Å². The highest BCUT2D eigenvalue weighted by Crippen LogP contribution is 2.31. The Morgan fingerprint density at radius 1 is 0.861 bits per heavy atom. The van der Waals surface area contributed by atoms with Gasteiger partial charge in [0, 0.05) is 67.7 Å². The first kappa shape index (κ1) is 23.8.